The molecule has 29 heavy (non-hydrogen) atoms. The van der Waals surface area contributed by atoms with Crippen molar-refractivity contribution in [2.75, 3.05) is 0 Å². The van der Waals surface area contributed by atoms with Crippen LogP contribution >= 0.6 is 0 Å². The largest absolute Gasteiger partial charge is 0.381 e. The van der Waals surface area contributed by atoms with E-state index in [0.29, 0.717) is 17.8 Å². The van der Waals surface area contributed by atoms with E-state index in [-0.39, 0.29) is 11.2 Å². The van der Waals surface area contributed by atoms with E-state index < -0.39 is 5.60 Å². The third-order valence-electron chi connectivity index (χ3n) is 10.8. The van der Waals surface area contributed by atoms with E-state index in [1.54, 1.807) is 0 Å². The predicted octanol–water partition coefficient (Wildman–Crippen LogP) is 6.79. The smallest absolute Gasteiger partial charge is 0.164 e. The zero-order valence-corrected chi connectivity index (χ0v) is 19.8. The summed E-state index contributed by atoms with van der Waals surface area (Å²) >= 11 is 0. The van der Waals surface area contributed by atoms with Gasteiger partial charge in [-0.15, -0.1) is 0 Å². The molecule has 4 aliphatic rings. The van der Waals surface area contributed by atoms with Gasteiger partial charge in [0.1, 0.15) is 5.60 Å². The molecule has 0 aromatic carbocycles. The first-order valence-electron chi connectivity index (χ1n) is 12.9. The summed E-state index contributed by atoms with van der Waals surface area (Å²) in [5.74, 6) is 4.80. The van der Waals surface area contributed by atoms with Gasteiger partial charge in [0.25, 0.3) is 0 Å². The summed E-state index contributed by atoms with van der Waals surface area (Å²) in [5.41, 5.74) is -0.710. The van der Waals surface area contributed by atoms with Crippen molar-refractivity contribution in [3.8, 4) is 0 Å². The van der Waals surface area contributed by atoms with Gasteiger partial charge in [0.2, 0.25) is 0 Å². The first-order chi connectivity index (χ1) is 13.6. The molecule has 0 amide bonds. The SMILES string of the molecule is CC(C)CCC[C@@H](C)[C@H]1CC[C@H]2[C@@H]3CCC4(O)C(=O)CCC[C@]4(C)[C@H]3CC[C@]12C. The molecule has 0 saturated heterocycles. The fraction of sp³-hybridized carbons (Fsp3) is 0.963. The minimum atomic E-state index is -1.03. The fourth-order valence-corrected chi connectivity index (χ4v) is 9.15. The lowest BCUT2D eigenvalue weighted by Crippen LogP contribution is -2.64. The van der Waals surface area contributed by atoms with Crippen LogP contribution in [0.3, 0.4) is 0 Å². The van der Waals surface area contributed by atoms with E-state index >= 15 is 0 Å². The van der Waals surface area contributed by atoms with Crippen LogP contribution in [0.2, 0.25) is 0 Å². The second-order valence-corrected chi connectivity index (χ2v) is 12.5. The normalized spacial score (nSPS) is 48.2. The zero-order chi connectivity index (χ0) is 21.0. The molecule has 0 aromatic heterocycles. The van der Waals surface area contributed by atoms with Crippen molar-refractivity contribution in [1.29, 1.82) is 0 Å². The Morgan fingerprint density at radius 1 is 0.966 bits per heavy atom. The van der Waals surface area contributed by atoms with Gasteiger partial charge in [-0.05, 0) is 92.3 Å². The first-order valence-corrected chi connectivity index (χ1v) is 12.9. The van der Waals surface area contributed by atoms with Crippen LogP contribution in [0.5, 0.6) is 0 Å². The third-order valence-corrected chi connectivity index (χ3v) is 10.8. The molecule has 0 heterocycles. The molecule has 8 atom stereocenters. The minimum Gasteiger partial charge on any atom is -0.381 e. The van der Waals surface area contributed by atoms with Gasteiger partial charge in [0.15, 0.2) is 5.78 Å². The van der Waals surface area contributed by atoms with E-state index in [0.717, 1.165) is 55.3 Å². The Bertz CT molecular complexity index is 626. The highest BCUT2D eigenvalue weighted by molar-refractivity contribution is 5.89. The van der Waals surface area contributed by atoms with Crippen LogP contribution < -0.4 is 0 Å². The Balaban J connectivity index is 1.51. The molecule has 4 fully saturated rings. The van der Waals surface area contributed by atoms with Crippen molar-refractivity contribution in [2.45, 2.75) is 117 Å². The predicted molar refractivity (Wildman–Crippen MR) is 120 cm³/mol. The maximum atomic E-state index is 12.8. The van der Waals surface area contributed by atoms with E-state index in [9.17, 15) is 9.90 Å². The lowest BCUT2D eigenvalue weighted by Gasteiger charge is -2.62. The second-order valence-electron chi connectivity index (χ2n) is 12.5. The van der Waals surface area contributed by atoms with Crippen LogP contribution in [-0.2, 0) is 4.79 Å². The summed E-state index contributed by atoms with van der Waals surface area (Å²) in [5, 5.41) is 11.5. The number of hydrogen-bond acceptors (Lipinski definition) is 2. The van der Waals surface area contributed by atoms with Crippen molar-refractivity contribution >= 4 is 5.78 Å². The molecular formula is C27H46O2. The molecular weight excluding hydrogens is 356 g/mol. The number of ketones is 1. The minimum absolute atomic E-state index is 0.154. The molecule has 1 N–H and O–H groups in total. The quantitative estimate of drug-likeness (QED) is 0.549. The molecule has 0 aliphatic heterocycles. The summed E-state index contributed by atoms with van der Waals surface area (Å²) in [6.45, 7) is 12.1. The number of rotatable bonds is 5. The standard InChI is InChI=1S/C27H46O2/c1-18(2)8-6-9-19(3)21-11-12-22-20-13-17-27(29)24(28)10-7-15-26(27,5)23(20)14-16-25(21,22)4/h18-23,29H,6-17H2,1-5H3/t19-,20+,21-,22+,23+,25-,26-,27?/m1/s1. The van der Waals surface area contributed by atoms with Gasteiger partial charge in [0.05, 0.1) is 0 Å². The van der Waals surface area contributed by atoms with E-state index in [1.807, 2.05) is 0 Å². The summed E-state index contributed by atoms with van der Waals surface area (Å²) < 4.78 is 0. The second kappa shape index (κ2) is 7.64. The molecule has 2 heteroatoms. The summed E-state index contributed by atoms with van der Waals surface area (Å²) in [7, 11) is 0. The molecule has 4 saturated carbocycles. The molecule has 1 unspecified atom stereocenters. The zero-order valence-electron chi connectivity index (χ0n) is 19.8. The number of fused-ring (bicyclic) bond motifs is 5. The van der Waals surface area contributed by atoms with Crippen molar-refractivity contribution < 1.29 is 9.90 Å². The number of carbonyl (C=O) groups excluding carboxylic acids is 1. The van der Waals surface area contributed by atoms with E-state index in [4.69, 9.17) is 0 Å². The molecule has 2 nitrogen and oxygen atoms in total. The Hall–Kier alpha value is -0.370. The maximum absolute atomic E-state index is 12.8. The van der Waals surface area contributed by atoms with Crippen molar-refractivity contribution in [3.05, 3.63) is 0 Å². The lowest BCUT2D eigenvalue weighted by molar-refractivity contribution is -0.203. The van der Waals surface area contributed by atoms with Gasteiger partial charge in [-0.25, -0.2) is 0 Å². The van der Waals surface area contributed by atoms with Crippen molar-refractivity contribution in [2.24, 2.45) is 46.3 Å². The number of Topliss-reactive ketones (excluding diaryl/α,β-unsaturated/α-hetero) is 1. The van der Waals surface area contributed by atoms with Gasteiger partial charge in [0, 0.05) is 11.8 Å². The highest BCUT2D eigenvalue weighted by Gasteiger charge is 2.66. The van der Waals surface area contributed by atoms with E-state index in [2.05, 4.69) is 34.6 Å². The van der Waals surface area contributed by atoms with Crippen LogP contribution in [0.1, 0.15) is 112 Å². The highest BCUT2D eigenvalue weighted by atomic mass is 16.3. The first kappa shape index (κ1) is 21.8. The third kappa shape index (κ3) is 3.26. The monoisotopic (exact) mass is 402 g/mol. The van der Waals surface area contributed by atoms with Crippen LogP contribution in [-0.4, -0.2) is 16.5 Å². The fourth-order valence-electron chi connectivity index (χ4n) is 9.15. The van der Waals surface area contributed by atoms with Gasteiger partial charge >= 0.3 is 0 Å². The molecule has 0 bridgehead atoms. The number of aliphatic hydroxyl groups is 1. The summed E-state index contributed by atoms with van der Waals surface area (Å²) in [6, 6.07) is 0. The molecule has 0 spiro atoms. The van der Waals surface area contributed by atoms with Crippen molar-refractivity contribution in [3.63, 3.8) is 0 Å². The summed E-state index contributed by atoms with van der Waals surface area (Å²) in [4.78, 5) is 12.8. The molecule has 4 rings (SSSR count). The van der Waals surface area contributed by atoms with Gasteiger partial charge in [-0.3, -0.25) is 4.79 Å². The van der Waals surface area contributed by atoms with Crippen LogP contribution in [0.4, 0.5) is 0 Å². The average molecular weight is 403 g/mol. The average Bonchev–Trinajstić information content (AvgIpc) is 3.01. The lowest BCUT2D eigenvalue weighted by atomic mass is 9.43. The maximum Gasteiger partial charge on any atom is 0.164 e. The molecule has 0 radical (unpaired) electrons. The Kier molecular flexibility index (Phi) is 5.76. The number of hydrogen-bond donors (Lipinski definition) is 1. The Labute approximate surface area is 179 Å². The van der Waals surface area contributed by atoms with Gasteiger partial charge in [-0.1, -0.05) is 53.9 Å². The Morgan fingerprint density at radius 3 is 2.45 bits per heavy atom. The van der Waals surface area contributed by atoms with Crippen molar-refractivity contribution in [1.82, 2.24) is 0 Å². The van der Waals surface area contributed by atoms with E-state index in [1.165, 1.54) is 44.9 Å². The van der Waals surface area contributed by atoms with Crippen LogP contribution in [0.25, 0.3) is 0 Å². The van der Waals surface area contributed by atoms with Gasteiger partial charge in [-0.2, -0.15) is 0 Å². The summed E-state index contributed by atoms with van der Waals surface area (Å²) in [6.07, 6.45) is 13.9. The van der Waals surface area contributed by atoms with Crippen LogP contribution in [0, 0.1) is 46.3 Å². The highest BCUT2D eigenvalue weighted by Crippen LogP contribution is 2.68. The molecule has 4 aliphatic carbocycles. The van der Waals surface area contributed by atoms with Crippen LogP contribution in [0.15, 0.2) is 0 Å². The topological polar surface area (TPSA) is 37.3 Å². The molecule has 0 aromatic rings. The number of carbonyl (C=O) groups is 1. The molecule has 166 valence electrons. The Morgan fingerprint density at radius 2 is 1.72 bits per heavy atom. The van der Waals surface area contributed by atoms with Gasteiger partial charge < -0.3 is 5.11 Å².